The first-order valence-electron chi connectivity index (χ1n) is 13.0. The molecule has 1 saturated heterocycles. The quantitative estimate of drug-likeness (QED) is 0.242. The Bertz CT molecular complexity index is 1040. The summed E-state index contributed by atoms with van der Waals surface area (Å²) in [5, 5.41) is 0. The fraction of sp³-hybridized carbons (Fsp3) is 0.517. The van der Waals surface area contributed by atoms with E-state index in [9.17, 15) is 22.0 Å². The number of hydrogen-bond donors (Lipinski definition) is 0. The van der Waals surface area contributed by atoms with Gasteiger partial charge in [-0.2, -0.15) is 17.6 Å². The average Bonchev–Trinajstić information content (AvgIpc) is 2.89. The van der Waals surface area contributed by atoms with E-state index in [4.69, 9.17) is 9.47 Å². The predicted molar refractivity (Wildman–Crippen MR) is 131 cm³/mol. The summed E-state index contributed by atoms with van der Waals surface area (Å²) in [5.41, 5.74) is 1.000. The topological polar surface area (TPSA) is 27.7 Å². The molecule has 2 unspecified atom stereocenters. The minimum absolute atomic E-state index is 0.0254. The monoisotopic (exact) mass is 524 g/mol. The third-order valence-electron chi connectivity index (χ3n) is 7.52. The lowest BCUT2D eigenvalue weighted by molar-refractivity contribution is -0.225. The first-order valence-corrected chi connectivity index (χ1v) is 13.0. The molecule has 2 aliphatic rings. The first kappa shape index (κ1) is 27.4. The lowest BCUT2D eigenvalue weighted by atomic mass is 9.76. The minimum atomic E-state index is -3.30. The molecule has 3 nitrogen and oxygen atoms in total. The predicted octanol–water partition coefficient (Wildman–Crippen LogP) is 8.98. The van der Waals surface area contributed by atoms with Gasteiger partial charge in [-0.15, -0.1) is 0 Å². The van der Waals surface area contributed by atoms with Crippen LogP contribution in [0.3, 0.4) is 0 Å². The van der Waals surface area contributed by atoms with Crippen LogP contribution in [0.1, 0.15) is 58.3 Å². The molecule has 1 saturated carbocycles. The largest absolute Gasteiger partial charge is 0.456 e. The van der Waals surface area contributed by atoms with Gasteiger partial charge in [-0.25, -0.2) is 4.39 Å². The molecule has 1 aliphatic carbocycles. The normalized spacial score (nSPS) is 24.4. The maximum atomic E-state index is 15.0. The van der Waals surface area contributed by atoms with Crippen molar-refractivity contribution in [2.75, 3.05) is 6.61 Å². The molecular weight excluding hydrogens is 491 g/mol. The van der Waals surface area contributed by atoms with Gasteiger partial charge in [-0.05, 0) is 92.2 Å². The molecule has 4 rings (SSSR count). The molecule has 0 radical (unpaired) electrons. The smallest absolute Gasteiger partial charge is 0.400 e. The van der Waals surface area contributed by atoms with Crippen molar-refractivity contribution in [1.29, 1.82) is 0 Å². The third-order valence-corrected chi connectivity index (χ3v) is 7.52. The number of halogens is 5. The van der Waals surface area contributed by atoms with E-state index in [1.807, 2.05) is 0 Å². The van der Waals surface area contributed by atoms with Crippen molar-refractivity contribution in [2.45, 2.75) is 70.5 Å². The van der Waals surface area contributed by atoms with Crippen LogP contribution in [0.5, 0.6) is 11.5 Å². The van der Waals surface area contributed by atoms with Crippen LogP contribution in [0.2, 0.25) is 0 Å². The van der Waals surface area contributed by atoms with Crippen LogP contribution in [0.15, 0.2) is 54.8 Å². The number of ether oxygens (including phenoxy) is 3. The Kier molecular flexibility index (Phi) is 9.11. The highest BCUT2D eigenvalue weighted by Crippen LogP contribution is 2.43. The molecule has 2 fully saturated rings. The van der Waals surface area contributed by atoms with Crippen molar-refractivity contribution in [1.82, 2.24) is 0 Å². The first-order chi connectivity index (χ1) is 17.7. The summed E-state index contributed by atoms with van der Waals surface area (Å²) >= 11 is 0. The van der Waals surface area contributed by atoms with Crippen LogP contribution in [0.25, 0.3) is 11.1 Å². The fourth-order valence-corrected chi connectivity index (χ4v) is 5.50. The summed E-state index contributed by atoms with van der Waals surface area (Å²) in [5.74, 6) is -1.04. The Labute approximate surface area is 214 Å². The van der Waals surface area contributed by atoms with Crippen molar-refractivity contribution < 1.29 is 36.2 Å². The summed E-state index contributed by atoms with van der Waals surface area (Å²) in [6, 6.07) is 9.77. The van der Waals surface area contributed by atoms with E-state index in [0.29, 0.717) is 48.6 Å². The van der Waals surface area contributed by atoms with Crippen molar-refractivity contribution >= 4 is 0 Å². The Morgan fingerprint density at radius 3 is 2.27 bits per heavy atom. The number of alkyl halides is 2. The number of rotatable bonds is 9. The molecule has 8 heteroatoms. The molecule has 0 spiro atoms. The van der Waals surface area contributed by atoms with Gasteiger partial charge in [0.05, 0.1) is 12.0 Å². The van der Waals surface area contributed by atoms with Crippen LogP contribution >= 0.6 is 0 Å². The Morgan fingerprint density at radius 2 is 1.68 bits per heavy atom. The van der Waals surface area contributed by atoms with Crippen LogP contribution in [0, 0.1) is 23.6 Å². The van der Waals surface area contributed by atoms with E-state index >= 15 is 0 Å². The number of hydrogen-bond acceptors (Lipinski definition) is 3. The van der Waals surface area contributed by atoms with Crippen LogP contribution in [0.4, 0.5) is 22.0 Å². The summed E-state index contributed by atoms with van der Waals surface area (Å²) in [7, 11) is 0. The average molecular weight is 525 g/mol. The van der Waals surface area contributed by atoms with Crippen LogP contribution in [-0.2, 0) is 4.74 Å². The van der Waals surface area contributed by atoms with Crippen LogP contribution < -0.4 is 9.47 Å². The Hall–Kier alpha value is -2.61. The van der Waals surface area contributed by atoms with Crippen molar-refractivity contribution in [3.8, 4) is 22.6 Å². The summed E-state index contributed by atoms with van der Waals surface area (Å²) in [6.07, 6.45) is 1.70. The Balaban J connectivity index is 1.30. The van der Waals surface area contributed by atoms with E-state index in [-0.39, 0.29) is 23.9 Å². The Morgan fingerprint density at radius 1 is 0.973 bits per heavy atom. The van der Waals surface area contributed by atoms with Gasteiger partial charge in [-0.3, -0.25) is 0 Å². The van der Waals surface area contributed by atoms with Gasteiger partial charge in [0.15, 0.2) is 17.8 Å². The third kappa shape index (κ3) is 7.24. The maximum Gasteiger partial charge on any atom is 0.400 e. The molecule has 0 N–H and O–H groups in total. The zero-order chi connectivity index (χ0) is 26.4. The standard InChI is InChI=1S/C29H33F5O3/c1-2-3-19-4-14-26(35-17-19)21-5-10-23(11-6-21)29(33,34)37-24-12-7-20(8-13-24)22-9-15-27(25(30)16-22)36-18-28(31)32/h7-9,12-13,15-16,18-19,21,23,26H,2-6,10-11,14,17H2,1H3. The van der Waals surface area contributed by atoms with E-state index in [1.165, 1.54) is 30.7 Å². The summed E-state index contributed by atoms with van der Waals surface area (Å²) in [4.78, 5) is 0. The van der Waals surface area contributed by atoms with Gasteiger partial charge in [0.25, 0.3) is 0 Å². The molecule has 2 aromatic rings. The highest BCUT2D eigenvalue weighted by Gasteiger charge is 2.45. The van der Waals surface area contributed by atoms with Gasteiger partial charge >= 0.3 is 12.2 Å². The molecule has 0 amide bonds. The lowest BCUT2D eigenvalue weighted by Gasteiger charge is -2.39. The molecule has 1 aliphatic heterocycles. The lowest BCUT2D eigenvalue weighted by Crippen LogP contribution is -2.40. The highest BCUT2D eigenvalue weighted by atomic mass is 19.3. The number of benzene rings is 2. The zero-order valence-corrected chi connectivity index (χ0v) is 20.9. The van der Waals surface area contributed by atoms with Gasteiger partial charge in [0.1, 0.15) is 5.75 Å². The second-order valence-corrected chi connectivity index (χ2v) is 10.1. The van der Waals surface area contributed by atoms with E-state index in [2.05, 4.69) is 11.7 Å². The highest BCUT2D eigenvalue weighted by molar-refractivity contribution is 5.65. The molecule has 37 heavy (non-hydrogen) atoms. The SMILES string of the molecule is CCCC1CCC(C2CCC(C(F)(F)Oc3ccc(-c4ccc(OC=C(F)F)c(F)c4)cc3)CC2)OC1. The van der Waals surface area contributed by atoms with Crippen molar-refractivity contribution in [3.63, 3.8) is 0 Å². The molecular formula is C29H33F5O3. The van der Waals surface area contributed by atoms with Gasteiger partial charge < -0.3 is 14.2 Å². The molecule has 2 aromatic carbocycles. The van der Waals surface area contributed by atoms with E-state index in [0.717, 1.165) is 31.9 Å². The molecule has 202 valence electrons. The van der Waals surface area contributed by atoms with Crippen molar-refractivity contribution in [2.24, 2.45) is 17.8 Å². The summed E-state index contributed by atoms with van der Waals surface area (Å²) < 4.78 is 84.2. The van der Waals surface area contributed by atoms with E-state index < -0.39 is 23.9 Å². The molecule has 2 atom stereocenters. The second-order valence-electron chi connectivity index (χ2n) is 10.1. The second kappa shape index (κ2) is 12.3. The van der Waals surface area contributed by atoms with Crippen molar-refractivity contribution in [3.05, 3.63) is 60.6 Å². The van der Waals surface area contributed by atoms with Gasteiger partial charge in [0, 0.05) is 6.61 Å². The molecule has 1 heterocycles. The van der Waals surface area contributed by atoms with Gasteiger partial charge in [0.2, 0.25) is 0 Å². The van der Waals surface area contributed by atoms with Crippen LogP contribution in [-0.4, -0.2) is 18.8 Å². The minimum Gasteiger partial charge on any atom is -0.456 e. The maximum absolute atomic E-state index is 15.0. The molecule has 0 bridgehead atoms. The zero-order valence-electron chi connectivity index (χ0n) is 20.9. The molecule has 0 aromatic heterocycles. The van der Waals surface area contributed by atoms with Gasteiger partial charge in [-0.1, -0.05) is 31.5 Å². The fourth-order valence-electron chi connectivity index (χ4n) is 5.50. The van der Waals surface area contributed by atoms with E-state index in [1.54, 1.807) is 12.1 Å². The summed E-state index contributed by atoms with van der Waals surface area (Å²) in [6.45, 7) is 2.97.